The van der Waals surface area contributed by atoms with E-state index in [1.807, 2.05) is 0 Å². The van der Waals surface area contributed by atoms with E-state index in [4.69, 9.17) is 4.99 Å². The summed E-state index contributed by atoms with van der Waals surface area (Å²) in [4.78, 5) is 7.44. The number of piperidine rings is 1. The summed E-state index contributed by atoms with van der Waals surface area (Å²) in [6.07, 6.45) is 9.75. The molecule has 0 aromatic heterocycles. The molecule has 0 amide bonds. The van der Waals surface area contributed by atoms with E-state index in [0.717, 1.165) is 31.5 Å². The molecule has 1 heterocycles. The quantitative estimate of drug-likeness (QED) is 0.220. The van der Waals surface area contributed by atoms with Crippen molar-refractivity contribution in [3.05, 3.63) is 0 Å². The Balaban J connectivity index is 0.00000364. The Bertz CT molecular complexity index is 407. The highest BCUT2D eigenvalue weighted by molar-refractivity contribution is 14.0. The number of aliphatic imine (C=N–C) groups is 1. The monoisotopic (exact) mass is 493 g/mol. The van der Waals surface area contributed by atoms with Crippen LogP contribution in [0.2, 0.25) is 0 Å². The SMILES string of the molecule is CCNC(=NCCNC(C)(C)C)NC1CCN(CC2CCCCC2)CC1.I. The van der Waals surface area contributed by atoms with Gasteiger partial charge in [-0.25, -0.2) is 0 Å². The van der Waals surface area contributed by atoms with Gasteiger partial charge in [-0.05, 0) is 59.3 Å². The molecule has 2 rings (SSSR count). The largest absolute Gasteiger partial charge is 0.357 e. The molecule has 3 N–H and O–H groups in total. The van der Waals surface area contributed by atoms with Gasteiger partial charge in [-0.3, -0.25) is 4.99 Å². The van der Waals surface area contributed by atoms with Crippen molar-refractivity contribution < 1.29 is 0 Å². The highest BCUT2D eigenvalue weighted by atomic mass is 127. The van der Waals surface area contributed by atoms with Crippen LogP contribution in [0.4, 0.5) is 0 Å². The van der Waals surface area contributed by atoms with Crippen LogP contribution in [0.1, 0.15) is 72.6 Å². The van der Waals surface area contributed by atoms with Gasteiger partial charge in [0.05, 0.1) is 6.54 Å². The summed E-state index contributed by atoms with van der Waals surface area (Å²) in [5.74, 6) is 1.94. The van der Waals surface area contributed by atoms with E-state index in [1.165, 1.54) is 64.6 Å². The lowest BCUT2D eigenvalue weighted by Crippen LogP contribution is -2.49. The second-order valence-corrected chi connectivity index (χ2v) is 9.16. The van der Waals surface area contributed by atoms with Crippen LogP contribution in [-0.2, 0) is 0 Å². The average Bonchev–Trinajstić information content (AvgIpc) is 2.60. The summed E-state index contributed by atoms with van der Waals surface area (Å²) < 4.78 is 0. The first-order valence-corrected chi connectivity index (χ1v) is 11.0. The molecule has 1 aliphatic carbocycles. The standard InChI is InChI=1S/C21H43N5.HI/c1-5-22-20(23-13-14-24-21(2,3)4)25-19-11-15-26(16-12-19)17-18-9-7-6-8-10-18;/h18-19,24H,5-17H2,1-4H3,(H2,22,23,25);1H. The van der Waals surface area contributed by atoms with Gasteiger partial charge in [-0.15, -0.1) is 24.0 Å². The number of likely N-dealkylation sites (tertiary alicyclic amines) is 1. The molecular weight excluding hydrogens is 449 g/mol. The molecule has 0 radical (unpaired) electrons. The van der Waals surface area contributed by atoms with Gasteiger partial charge in [0.1, 0.15) is 0 Å². The maximum atomic E-state index is 4.74. The lowest BCUT2D eigenvalue weighted by Gasteiger charge is -2.36. The molecule has 0 spiro atoms. The fraction of sp³-hybridized carbons (Fsp3) is 0.952. The van der Waals surface area contributed by atoms with E-state index in [0.29, 0.717) is 6.04 Å². The third kappa shape index (κ3) is 10.9. The Labute approximate surface area is 184 Å². The number of nitrogens with one attached hydrogen (secondary N) is 3. The minimum Gasteiger partial charge on any atom is -0.357 e. The van der Waals surface area contributed by atoms with Crippen LogP contribution < -0.4 is 16.0 Å². The molecule has 6 heteroatoms. The molecule has 0 aromatic rings. The number of guanidine groups is 1. The van der Waals surface area contributed by atoms with Crippen LogP contribution in [0.15, 0.2) is 4.99 Å². The summed E-state index contributed by atoms with van der Waals surface area (Å²) in [6, 6.07) is 0.561. The molecular formula is C21H44IN5. The van der Waals surface area contributed by atoms with Crippen molar-refractivity contribution in [1.82, 2.24) is 20.9 Å². The maximum Gasteiger partial charge on any atom is 0.191 e. The normalized spacial score (nSPS) is 21.0. The molecule has 0 aromatic carbocycles. The van der Waals surface area contributed by atoms with E-state index in [1.54, 1.807) is 0 Å². The number of halogens is 1. The van der Waals surface area contributed by atoms with Crippen molar-refractivity contribution in [1.29, 1.82) is 0 Å². The van der Waals surface area contributed by atoms with Crippen molar-refractivity contribution >= 4 is 29.9 Å². The molecule has 0 bridgehead atoms. The first kappa shape index (κ1) is 25.0. The number of hydrogen-bond acceptors (Lipinski definition) is 3. The van der Waals surface area contributed by atoms with Gasteiger partial charge in [0.25, 0.3) is 0 Å². The number of rotatable bonds is 7. The van der Waals surface area contributed by atoms with Crippen LogP contribution in [0, 0.1) is 5.92 Å². The summed E-state index contributed by atoms with van der Waals surface area (Å²) in [6.45, 7) is 15.2. The molecule has 0 atom stereocenters. The van der Waals surface area contributed by atoms with Crippen LogP contribution >= 0.6 is 24.0 Å². The maximum absolute atomic E-state index is 4.74. The van der Waals surface area contributed by atoms with Crippen LogP contribution in [-0.4, -0.2) is 61.7 Å². The van der Waals surface area contributed by atoms with Crippen molar-refractivity contribution in [2.24, 2.45) is 10.9 Å². The molecule has 5 nitrogen and oxygen atoms in total. The van der Waals surface area contributed by atoms with Gasteiger partial charge < -0.3 is 20.9 Å². The first-order chi connectivity index (χ1) is 12.5. The Morgan fingerprint density at radius 1 is 1.04 bits per heavy atom. The summed E-state index contributed by atoms with van der Waals surface area (Å²) in [7, 11) is 0. The Kier molecular flexibility index (Phi) is 12.2. The Morgan fingerprint density at radius 3 is 2.30 bits per heavy atom. The zero-order valence-corrected chi connectivity index (χ0v) is 20.5. The van der Waals surface area contributed by atoms with Crippen LogP contribution in [0.5, 0.6) is 0 Å². The molecule has 0 unspecified atom stereocenters. The lowest BCUT2D eigenvalue weighted by atomic mass is 9.88. The smallest absolute Gasteiger partial charge is 0.191 e. The van der Waals surface area contributed by atoms with Gasteiger partial charge in [-0.2, -0.15) is 0 Å². The topological polar surface area (TPSA) is 51.7 Å². The molecule has 160 valence electrons. The zero-order chi connectivity index (χ0) is 18.8. The lowest BCUT2D eigenvalue weighted by molar-refractivity contribution is 0.160. The third-order valence-corrected chi connectivity index (χ3v) is 5.55. The van der Waals surface area contributed by atoms with Crippen molar-refractivity contribution in [3.8, 4) is 0 Å². The van der Waals surface area contributed by atoms with E-state index in [-0.39, 0.29) is 29.5 Å². The molecule has 1 saturated heterocycles. The molecule has 1 saturated carbocycles. The van der Waals surface area contributed by atoms with Gasteiger partial charge in [0.2, 0.25) is 0 Å². The fourth-order valence-electron chi connectivity index (χ4n) is 4.11. The van der Waals surface area contributed by atoms with Crippen molar-refractivity contribution in [2.75, 3.05) is 39.3 Å². The molecule has 2 aliphatic rings. The summed E-state index contributed by atoms with van der Waals surface area (Å²) in [5, 5.41) is 10.6. The molecule has 2 fully saturated rings. The highest BCUT2D eigenvalue weighted by Crippen LogP contribution is 2.25. The predicted octanol–water partition coefficient (Wildman–Crippen LogP) is 3.59. The second kappa shape index (κ2) is 13.2. The number of nitrogens with zero attached hydrogens (tertiary/aromatic N) is 2. The third-order valence-electron chi connectivity index (χ3n) is 5.55. The summed E-state index contributed by atoms with van der Waals surface area (Å²) >= 11 is 0. The van der Waals surface area contributed by atoms with Gasteiger partial charge in [0.15, 0.2) is 5.96 Å². The van der Waals surface area contributed by atoms with Gasteiger partial charge >= 0.3 is 0 Å². The van der Waals surface area contributed by atoms with Crippen LogP contribution in [0.3, 0.4) is 0 Å². The van der Waals surface area contributed by atoms with E-state index >= 15 is 0 Å². The molecule has 1 aliphatic heterocycles. The number of hydrogen-bond donors (Lipinski definition) is 3. The Morgan fingerprint density at radius 2 is 1.70 bits per heavy atom. The van der Waals surface area contributed by atoms with Crippen molar-refractivity contribution in [3.63, 3.8) is 0 Å². The minimum absolute atomic E-state index is 0. The Hall–Kier alpha value is -0.0800. The van der Waals surface area contributed by atoms with E-state index in [9.17, 15) is 0 Å². The second-order valence-electron chi connectivity index (χ2n) is 9.16. The predicted molar refractivity (Wildman–Crippen MR) is 128 cm³/mol. The molecule has 27 heavy (non-hydrogen) atoms. The minimum atomic E-state index is 0. The zero-order valence-electron chi connectivity index (χ0n) is 18.1. The van der Waals surface area contributed by atoms with Crippen molar-refractivity contribution in [2.45, 2.75) is 84.2 Å². The fourth-order valence-corrected chi connectivity index (χ4v) is 4.11. The summed E-state index contributed by atoms with van der Waals surface area (Å²) in [5.41, 5.74) is 0.159. The van der Waals surface area contributed by atoms with Crippen LogP contribution in [0.25, 0.3) is 0 Å². The van der Waals surface area contributed by atoms with E-state index in [2.05, 4.69) is 48.5 Å². The highest BCUT2D eigenvalue weighted by Gasteiger charge is 2.23. The van der Waals surface area contributed by atoms with Gasteiger partial charge in [-0.1, -0.05) is 19.3 Å². The van der Waals surface area contributed by atoms with Gasteiger partial charge in [0, 0.05) is 44.3 Å². The average molecular weight is 494 g/mol. The first-order valence-electron chi connectivity index (χ1n) is 11.0. The van der Waals surface area contributed by atoms with E-state index < -0.39 is 0 Å².